The van der Waals surface area contributed by atoms with Gasteiger partial charge < -0.3 is 10.4 Å². The quantitative estimate of drug-likeness (QED) is 0.845. The molecule has 0 saturated heterocycles. The number of rotatable bonds is 6. The molecule has 1 aromatic heterocycles. The molecule has 22 heavy (non-hydrogen) atoms. The molecule has 0 aromatic carbocycles. The van der Waals surface area contributed by atoms with Crippen molar-refractivity contribution >= 4 is 0 Å². The van der Waals surface area contributed by atoms with E-state index in [1.807, 2.05) is 0 Å². The minimum absolute atomic E-state index is 0.0315. The molecule has 1 aliphatic rings. The summed E-state index contributed by atoms with van der Waals surface area (Å²) in [7, 11) is 0. The van der Waals surface area contributed by atoms with E-state index < -0.39 is 13.0 Å². The van der Waals surface area contributed by atoms with Crippen LogP contribution in [-0.2, 0) is 13.1 Å². The van der Waals surface area contributed by atoms with E-state index in [1.165, 1.54) is 11.0 Å². The minimum Gasteiger partial charge on any atom is -0.394 e. The molecule has 126 valence electrons. The van der Waals surface area contributed by atoms with Crippen molar-refractivity contribution in [2.45, 2.75) is 65.1 Å². The zero-order valence-corrected chi connectivity index (χ0v) is 13.5. The molecule has 2 rings (SSSR count). The number of hydrogen-bond donors (Lipinski definition) is 2. The van der Waals surface area contributed by atoms with Gasteiger partial charge in [0, 0.05) is 5.54 Å². The highest BCUT2D eigenvalue weighted by molar-refractivity contribution is 5.00. The van der Waals surface area contributed by atoms with Gasteiger partial charge >= 0.3 is 0 Å². The van der Waals surface area contributed by atoms with Crippen molar-refractivity contribution < 1.29 is 13.9 Å². The predicted molar refractivity (Wildman–Crippen MR) is 79.5 cm³/mol. The smallest absolute Gasteiger partial charge is 0.257 e. The molecule has 1 saturated carbocycles. The number of hydrogen-bond acceptors (Lipinski definition) is 4. The van der Waals surface area contributed by atoms with Crippen molar-refractivity contribution in [2.24, 2.45) is 11.3 Å². The molecular weight excluding hydrogens is 290 g/mol. The molecule has 0 amide bonds. The summed E-state index contributed by atoms with van der Waals surface area (Å²) in [6, 6.07) is 0. The number of aliphatic hydroxyl groups excluding tert-OH is 1. The molecule has 2 N–H and O–H groups in total. The Bertz CT molecular complexity index is 492. The Hall–Kier alpha value is -1.08. The Kier molecular flexibility index (Phi) is 5.17. The van der Waals surface area contributed by atoms with Crippen molar-refractivity contribution in [2.75, 3.05) is 6.61 Å². The topological polar surface area (TPSA) is 63.0 Å². The van der Waals surface area contributed by atoms with Gasteiger partial charge in [-0.25, -0.2) is 18.4 Å². The van der Waals surface area contributed by atoms with Crippen LogP contribution >= 0.6 is 0 Å². The molecule has 0 spiro atoms. The molecule has 1 fully saturated rings. The Balaban J connectivity index is 2.06. The molecule has 7 heteroatoms. The Morgan fingerprint density at radius 2 is 2.18 bits per heavy atom. The van der Waals surface area contributed by atoms with E-state index in [9.17, 15) is 13.9 Å². The molecule has 1 aromatic rings. The predicted octanol–water partition coefficient (Wildman–Crippen LogP) is 2.21. The van der Waals surface area contributed by atoms with Gasteiger partial charge in [-0.05, 0) is 30.6 Å². The van der Waals surface area contributed by atoms with Gasteiger partial charge in [-0.2, -0.15) is 5.10 Å². The molecule has 2 unspecified atom stereocenters. The Labute approximate surface area is 130 Å². The van der Waals surface area contributed by atoms with Crippen molar-refractivity contribution in [3.8, 4) is 0 Å². The van der Waals surface area contributed by atoms with Crippen LogP contribution in [0.2, 0.25) is 0 Å². The van der Waals surface area contributed by atoms with Crippen molar-refractivity contribution in [1.29, 1.82) is 0 Å². The summed E-state index contributed by atoms with van der Waals surface area (Å²) in [5, 5.41) is 17.1. The van der Waals surface area contributed by atoms with E-state index in [0.29, 0.717) is 18.3 Å². The van der Waals surface area contributed by atoms with Crippen LogP contribution < -0.4 is 5.32 Å². The van der Waals surface area contributed by atoms with Gasteiger partial charge in [-0.3, -0.25) is 0 Å². The van der Waals surface area contributed by atoms with Crippen LogP contribution in [0.3, 0.4) is 0 Å². The average molecular weight is 316 g/mol. The van der Waals surface area contributed by atoms with E-state index >= 15 is 0 Å². The van der Waals surface area contributed by atoms with Gasteiger partial charge in [0.25, 0.3) is 6.43 Å². The summed E-state index contributed by atoms with van der Waals surface area (Å²) in [5.41, 5.74) is -0.243. The number of aliphatic hydroxyl groups is 1. The van der Waals surface area contributed by atoms with E-state index in [1.54, 1.807) is 0 Å². The van der Waals surface area contributed by atoms with Crippen LogP contribution in [0.4, 0.5) is 8.78 Å². The van der Waals surface area contributed by atoms with Crippen LogP contribution in [0.25, 0.3) is 0 Å². The van der Waals surface area contributed by atoms with Crippen LogP contribution in [-0.4, -0.2) is 38.4 Å². The Morgan fingerprint density at radius 3 is 2.77 bits per heavy atom. The number of halogens is 2. The van der Waals surface area contributed by atoms with Crippen LogP contribution in [0.15, 0.2) is 6.33 Å². The van der Waals surface area contributed by atoms with Gasteiger partial charge in [-0.1, -0.05) is 20.8 Å². The lowest BCUT2D eigenvalue weighted by atomic mass is 9.64. The lowest BCUT2D eigenvalue weighted by Crippen LogP contribution is -2.55. The van der Waals surface area contributed by atoms with E-state index in [2.05, 4.69) is 36.2 Å². The average Bonchev–Trinajstić information content (AvgIpc) is 2.80. The van der Waals surface area contributed by atoms with E-state index in [4.69, 9.17) is 0 Å². The molecular formula is C15H26F2N4O. The lowest BCUT2D eigenvalue weighted by Gasteiger charge is -2.47. The zero-order chi connectivity index (χ0) is 16.4. The molecule has 0 bridgehead atoms. The third kappa shape index (κ3) is 4.23. The van der Waals surface area contributed by atoms with Crippen molar-refractivity contribution in [3.63, 3.8) is 0 Å². The fraction of sp³-hybridized carbons (Fsp3) is 0.867. The summed E-state index contributed by atoms with van der Waals surface area (Å²) in [4.78, 5) is 4.05. The monoisotopic (exact) mass is 316 g/mol. The highest BCUT2D eigenvalue weighted by Crippen LogP contribution is 2.43. The summed E-state index contributed by atoms with van der Waals surface area (Å²) in [6.45, 7) is 6.50. The van der Waals surface area contributed by atoms with Crippen LogP contribution in [0.1, 0.15) is 45.9 Å². The fourth-order valence-corrected chi connectivity index (χ4v) is 4.03. The number of nitrogens with one attached hydrogen (secondary N) is 1. The number of nitrogens with zero attached hydrogens (tertiary/aromatic N) is 3. The lowest BCUT2D eigenvalue weighted by molar-refractivity contribution is 0.0343. The molecule has 0 radical (unpaired) electrons. The molecule has 1 aliphatic carbocycles. The van der Waals surface area contributed by atoms with Gasteiger partial charge in [0.1, 0.15) is 18.7 Å². The second-order valence-corrected chi connectivity index (χ2v) is 7.40. The highest BCUT2D eigenvalue weighted by atomic mass is 19.3. The van der Waals surface area contributed by atoms with Crippen LogP contribution in [0, 0.1) is 11.3 Å². The third-order valence-corrected chi connectivity index (χ3v) is 4.39. The van der Waals surface area contributed by atoms with Gasteiger partial charge in [-0.15, -0.1) is 0 Å². The largest absolute Gasteiger partial charge is 0.394 e. The SMILES string of the molecule is CC1CC(C)(C)CC(CO)(NCc2ncnn2CC(F)F)C1. The van der Waals surface area contributed by atoms with Crippen molar-refractivity contribution in [3.05, 3.63) is 12.2 Å². The summed E-state index contributed by atoms with van der Waals surface area (Å²) < 4.78 is 26.3. The molecule has 1 heterocycles. The third-order valence-electron chi connectivity index (χ3n) is 4.39. The second-order valence-electron chi connectivity index (χ2n) is 7.40. The first-order valence-corrected chi connectivity index (χ1v) is 7.76. The standard InChI is InChI=1S/C15H26F2N4O/c1-11-4-14(2,3)8-15(5-11,9-22)19-6-13-18-10-20-21(13)7-12(16)17/h10-12,19,22H,4-9H2,1-3H3. The first kappa shape index (κ1) is 17.3. The maximum absolute atomic E-state index is 12.5. The Morgan fingerprint density at radius 1 is 1.45 bits per heavy atom. The first-order valence-electron chi connectivity index (χ1n) is 7.76. The summed E-state index contributed by atoms with van der Waals surface area (Å²) in [5.74, 6) is 0.978. The number of alkyl halides is 2. The second kappa shape index (κ2) is 6.58. The van der Waals surface area contributed by atoms with Gasteiger partial charge in [0.15, 0.2) is 0 Å². The van der Waals surface area contributed by atoms with Crippen LogP contribution in [0.5, 0.6) is 0 Å². The maximum Gasteiger partial charge on any atom is 0.257 e. The minimum atomic E-state index is -2.46. The number of aromatic nitrogens is 3. The summed E-state index contributed by atoms with van der Waals surface area (Å²) >= 11 is 0. The normalized spacial score (nSPS) is 28.2. The molecule has 5 nitrogen and oxygen atoms in total. The van der Waals surface area contributed by atoms with E-state index in [-0.39, 0.29) is 17.6 Å². The molecule has 0 aliphatic heterocycles. The first-order chi connectivity index (χ1) is 10.3. The maximum atomic E-state index is 12.5. The van der Waals surface area contributed by atoms with Gasteiger partial charge in [0.05, 0.1) is 13.2 Å². The zero-order valence-electron chi connectivity index (χ0n) is 13.5. The fourth-order valence-electron chi connectivity index (χ4n) is 4.03. The highest BCUT2D eigenvalue weighted by Gasteiger charge is 2.42. The van der Waals surface area contributed by atoms with Crippen molar-refractivity contribution in [1.82, 2.24) is 20.1 Å². The van der Waals surface area contributed by atoms with E-state index in [0.717, 1.165) is 19.3 Å². The van der Waals surface area contributed by atoms with Gasteiger partial charge in [0.2, 0.25) is 0 Å². The summed E-state index contributed by atoms with van der Waals surface area (Å²) in [6.07, 6.45) is 1.68. The molecule has 2 atom stereocenters.